The molecule has 1 aliphatic rings. The summed E-state index contributed by atoms with van der Waals surface area (Å²) in [5, 5.41) is 3.78. The third kappa shape index (κ3) is 5.26. The van der Waals surface area contributed by atoms with E-state index in [1.165, 1.54) is 44.1 Å². The topological polar surface area (TPSA) is 21.3 Å². The first kappa shape index (κ1) is 15.5. The number of rotatable bonds is 8. The number of hydrogen-bond donors (Lipinski definition) is 1. The van der Waals surface area contributed by atoms with Gasteiger partial charge in [-0.1, -0.05) is 56.5 Å². The minimum Gasteiger partial charge on any atom is -0.381 e. The van der Waals surface area contributed by atoms with Crippen LogP contribution in [0.2, 0.25) is 0 Å². The molecule has 1 aromatic rings. The average Bonchev–Trinajstić information content (AvgIpc) is 2.52. The molecule has 1 fully saturated rings. The van der Waals surface area contributed by atoms with E-state index in [0.29, 0.717) is 12.0 Å². The van der Waals surface area contributed by atoms with Crippen molar-refractivity contribution in [1.82, 2.24) is 5.32 Å². The Kier molecular flexibility index (Phi) is 7.10. The normalized spacial score (nSPS) is 20.8. The summed E-state index contributed by atoms with van der Waals surface area (Å²) in [4.78, 5) is 0. The van der Waals surface area contributed by atoms with E-state index in [9.17, 15) is 0 Å². The summed E-state index contributed by atoms with van der Waals surface area (Å²) in [6.07, 6.45) is 7.70. The van der Waals surface area contributed by atoms with Crippen molar-refractivity contribution >= 4 is 0 Å². The van der Waals surface area contributed by atoms with E-state index in [1.807, 2.05) is 0 Å². The Bertz CT molecular complexity index is 346. The van der Waals surface area contributed by atoms with Gasteiger partial charge >= 0.3 is 0 Å². The van der Waals surface area contributed by atoms with Crippen LogP contribution in [0.4, 0.5) is 0 Å². The molecule has 0 amide bonds. The minimum absolute atomic E-state index is 0.504. The molecule has 0 saturated carbocycles. The molecule has 2 unspecified atom stereocenters. The molecule has 2 nitrogen and oxygen atoms in total. The molecule has 1 aromatic carbocycles. The van der Waals surface area contributed by atoms with Gasteiger partial charge in [0.05, 0.1) is 6.61 Å². The van der Waals surface area contributed by atoms with E-state index < -0.39 is 0 Å². The predicted molar refractivity (Wildman–Crippen MR) is 84.9 cm³/mol. The quantitative estimate of drug-likeness (QED) is 0.713. The summed E-state index contributed by atoms with van der Waals surface area (Å²) in [6.45, 7) is 5.24. The Hall–Kier alpha value is -0.860. The zero-order valence-electron chi connectivity index (χ0n) is 12.8. The number of benzene rings is 1. The first-order valence-corrected chi connectivity index (χ1v) is 8.26. The molecule has 20 heavy (non-hydrogen) atoms. The van der Waals surface area contributed by atoms with Crippen molar-refractivity contribution in [2.45, 2.75) is 51.5 Å². The van der Waals surface area contributed by atoms with Crippen LogP contribution in [0.15, 0.2) is 30.3 Å². The SMILES string of the molecule is CCCCCC(NCC1CCCOC1)c1ccccc1. The number of nitrogens with one attached hydrogen (secondary N) is 1. The summed E-state index contributed by atoms with van der Waals surface area (Å²) in [7, 11) is 0. The van der Waals surface area contributed by atoms with Crippen LogP contribution in [0.25, 0.3) is 0 Å². The van der Waals surface area contributed by atoms with Crippen LogP contribution in [-0.4, -0.2) is 19.8 Å². The molecule has 0 radical (unpaired) electrons. The molecule has 1 aliphatic heterocycles. The second-order valence-electron chi connectivity index (χ2n) is 5.95. The zero-order chi connectivity index (χ0) is 14.0. The van der Waals surface area contributed by atoms with Gasteiger partial charge in [0.1, 0.15) is 0 Å². The van der Waals surface area contributed by atoms with Crippen molar-refractivity contribution in [2.24, 2.45) is 5.92 Å². The number of hydrogen-bond acceptors (Lipinski definition) is 2. The fourth-order valence-corrected chi connectivity index (χ4v) is 2.95. The molecule has 0 spiro atoms. The van der Waals surface area contributed by atoms with Gasteiger partial charge in [0.25, 0.3) is 0 Å². The lowest BCUT2D eigenvalue weighted by Gasteiger charge is -2.26. The summed E-state index contributed by atoms with van der Waals surface area (Å²) >= 11 is 0. The van der Waals surface area contributed by atoms with Crippen molar-refractivity contribution in [2.75, 3.05) is 19.8 Å². The molecule has 2 heteroatoms. The molecule has 0 aromatic heterocycles. The second kappa shape index (κ2) is 9.15. The van der Waals surface area contributed by atoms with Crippen molar-refractivity contribution in [3.05, 3.63) is 35.9 Å². The van der Waals surface area contributed by atoms with Gasteiger partial charge < -0.3 is 10.1 Å². The number of unbranched alkanes of at least 4 members (excludes halogenated alkanes) is 2. The molecular formula is C18H29NO. The summed E-state index contributed by atoms with van der Waals surface area (Å²) < 4.78 is 5.58. The molecule has 1 saturated heterocycles. The average molecular weight is 275 g/mol. The van der Waals surface area contributed by atoms with Gasteiger partial charge in [0.15, 0.2) is 0 Å². The highest BCUT2D eigenvalue weighted by molar-refractivity contribution is 5.18. The lowest BCUT2D eigenvalue weighted by Crippen LogP contribution is -2.31. The van der Waals surface area contributed by atoms with Gasteiger partial charge in [-0.3, -0.25) is 0 Å². The molecule has 2 rings (SSSR count). The van der Waals surface area contributed by atoms with Gasteiger partial charge in [-0.05, 0) is 30.7 Å². The Balaban J connectivity index is 1.84. The standard InChI is InChI=1S/C18H29NO/c1-2-3-5-12-18(17-10-6-4-7-11-17)19-14-16-9-8-13-20-15-16/h4,6-7,10-11,16,18-19H,2-3,5,8-9,12-15H2,1H3. The van der Waals surface area contributed by atoms with Crippen molar-refractivity contribution in [3.63, 3.8) is 0 Å². The highest BCUT2D eigenvalue weighted by atomic mass is 16.5. The third-order valence-electron chi connectivity index (χ3n) is 4.21. The molecule has 0 bridgehead atoms. The molecular weight excluding hydrogens is 246 g/mol. The number of ether oxygens (including phenoxy) is 1. The Labute approximate surface area is 123 Å². The van der Waals surface area contributed by atoms with Crippen molar-refractivity contribution < 1.29 is 4.74 Å². The maximum atomic E-state index is 5.58. The maximum Gasteiger partial charge on any atom is 0.0506 e. The first-order chi connectivity index (χ1) is 9.90. The molecule has 1 heterocycles. The first-order valence-electron chi connectivity index (χ1n) is 8.26. The van der Waals surface area contributed by atoms with E-state index in [1.54, 1.807) is 0 Å². The van der Waals surface area contributed by atoms with Gasteiger partial charge in [-0.25, -0.2) is 0 Å². The lowest BCUT2D eigenvalue weighted by molar-refractivity contribution is 0.0536. The van der Waals surface area contributed by atoms with Crippen LogP contribution in [-0.2, 0) is 4.74 Å². The van der Waals surface area contributed by atoms with Crippen molar-refractivity contribution in [3.8, 4) is 0 Å². The summed E-state index contributed by atoms with van der Waals surface area (Å²) in [5.41, 5.74) is 1.43. The fourth-order valence-electron chi connectivity index (χ4n) is 2.95. The van der Waals surface area contributed by atoms with Crippen LogP contribution >= 0.6 is 0 Å². The minimum atomic E-state index is 0.504. The zero-order valence-corrected chi connectivity index (χ0v) is 12.8. The lowest BCUT2D eigenvalue weighted by atomic mass is 9.98. The van der Waals surface area contributed by atoms with Gasteiger partial charge in [0, 0.05) is 19.2 Å². The Morgan fingerprint density at radius 2 is 2.10 bits per heavy atom. The Morgan fingerprint density at radius 3 is 2.80 bits per heavy atom. The monoisotopic (exact) mass is 275 g/mol. The van der Waals surface area contributed by atoms with Gasteiger partial charge in [-0.2, -0.15) is 0 Å². The summed E-state index contributed by atoms with van der Waals surface area (Å²) in [5.74, 6) is 0.695. The Morgan fingerprint density at radius 1 is 1.25 bits per heavy atom. The van der Waals surface area contributed by atoms with Crippen molar-refractivity contribution in [1.29, 1.82) is 0 Å². The third-order valence-corrected chi connectivity index (χ3v) is 4.21. The molecule has 1 N–H and O–H groups in total. The predicted octanol–water partition coefficient (Wildman–Crippen LogP) is 4.32. The van der Waals surface area contributed by atoms with Crippen LogP contribution in [0.1, 0.15) is 57.1 Å². The van der Waals surface area contributed by atoms with E-state index in [0.717, 1.165) is 19.8 Å². The fraction of sp³-hybridized carbons (Fsp3) is 0.667. The molecule has 0 aliphatic carbocycles. The van der Waals surface area contributed by atoms with Crippen LogP contribution in [0.3, 0.4) is 0 Å². The summed E-state index contributed by atoms with van der Waals surface area (Å²) in [6, 6.07) is 11.4. The highest BCUT2D eigenvalue weighted by Gasteiger charge is 2.16. The van der Waals surface area contributed by atoms with Crippen LogP contribution in [0, 0.1) is 5.92 Å². The van der Waals surface area contributed by atoms with E-state index >= 15 is 0 Å². The van der Waals surface area contributed by atoms with Gasteiger partial charge in [0.2, 0.25) is 0 Å². The highest BCUT2D eigenvalue weighted by Crippen LogP contribution is 2.21. The van der Waals surface area contributed by atoms with Crippen LogP contribution < -0.4 is 5.32 Å². The smallest absolute Gasteiger partial charge is 0.0506 e. The largest absolute Gasteiger partial charge is 0.381 e. The maximum absolute atomic E-state index is 5.58. The molecule has 112 valence electrons. The van der Waals surface area contributed by atoms with E-state index in [-0.39, 0.29) is 0 Å². The second-order valence-corrected chi connectivity index (χ2v) is 5.95. The van der Waals surface area contributed by atoms with E-state index in [2.05, 4.69) is 42.6 Å². The molecule has 2 atom stereocenters. The van der Waals surface area contributed by atoms with Gasteiger partial charge in [-0.15, -0.1) is 0 Å². The van der Waals surface area contributed by atoms with Crippen LogP contribution in [0.5, 0.6) is 0 Å². The van der Waals surface area contributed by atoms with E-state index in [4.69, 9.17) is 4.74 Å².